The molecule has 0 spiro atoms. The van der Waals surface area contributed by atoms with Crippen LogP contribution in [0.5, 0.6) is 0 Å². The van der Waals surface area contributed by atoms with Gasteiger partial charge in [0.1, 0.15) is 7.38 Å². The van der Waals surface area contributed by atoms with Gasteiger partial charge in [0.05, 0.1) is 0 Å². The van der Waals surface area contributed by atoms with Gasteiger partial charge in [0.2, 0.25) is 0 Å². The third-order valence-electron chi connectivity index (χ3n) is 4.15. The van der Waals surface area contributed by atoms with Gasteiger partial charge in [0.25, 0.3) is 0 Å². The van der Waals surface area contributed by atoms with E-state index >= 15 is 0 Å². The fourth-order valence-corrected chi connectivity index (χ4v) is 4.79. The van der Waals surface area contributed by atoms with E-state index in [0.29, 0.717) is 0 Å². The van der Waals surface area contributed by atoms with Crippen molar-refractivity contribution in [2.75, 3.05) is 4.43 Å². The van der Waals surface area contributed by atoms with E-state index in [9.17, 15) is 0 Å². The van der Waals surface area contributed by atoms with Gasteiger partial charge < -0.3 is 0 Å². The Morgan fingerprint density at radius 3 is 1.14 bits per heavy atom. The first-order valence-electron chi connectivity index (χ1n) is 9.31. The minimum absolute atomic E-state index is 1.29. The molecule has 128 valence electrons. The van der Waals surface area contributed by atoms with Crippen molar-refractivity contribution in [2.24, 2.45) is 0 Å². The van der Waals surface area contributed by atoms with Gasteiger partial charge >= 0.3 is 0 Å². The van der Waals surface area contributed by atoms with Gasteiger partial charge in [-0.25, -0.2) is 0 Å². The molecule has 0 nitrogen and oxygen atoms in total. The lowest BCUT2D eigenvalue weighted by Crippen LogP contribution is -2.14. The number of rotatable bonds is 16. The molecule has 3 heteroatoms. The maximum atomic E-state index is 6.33. The predicted octanol–water partition coefficient (Wildman–Crippen LogP) is 8.33. The molecule has 0 aromatic rings. The second-order valence-electron chi connectivity index (χ2n) is 7.11. The minimum Gasteiger partial charge on any atom is -0.168 e. The van der Waals surface area contributed by atoms with Crippen molar-refractivity contribution in [2.45, 2.75) is 109 Å². The average Bonchev–Trinajstić information content (AvgIpc) is 2.42. The van der Waals surface area contributed by atoms with Crippen LogP contribution in [0.15, 0.2) is 0 Å². The molecule has 0 N–H and O–H groups in total. The molecule has 0 atom stereocenters. The van der Waals surface area contributed by atoms with Gasteiger partial charge in [-0.1, -0.05) is 119 Å². The van der Waals surface area contributed by atoms with Crippen LogP contribution in [0.4, 0.5) is 0 Å². The molecule has 0 aromatic heterocycles. The SMILES string of the molecule is C[Si](C)(Cl)CCCCCCCCCCCCCCCCI. The molecule has 0 aliphatic heterocycles. The zero-order valence-electron chi connectivity index (χ0n) is 14.6. The zero-order chi connectivity index (χ0) is 15.8. The van der Waals surface area contributed by atoms with E-state index in [2.05, 4.69) is 35.7 Å². The molecule has 0 unspecified atom stereocenters. The van der Waals surface area contributed by atoms with E-state index < -0.39 is 7.38 Å². The highest BCUT2D eigenvalue weighted by Gasteiger charge is 2.15. The second-order valence-corrected chi connectivity index (χ2v) is 15.2. The maximum absolute atomic E-state index is 6.33. The third kappa shape index (κ3) is 21.2. The summed E-state index contributed by atoms with van der Waals surface area (Å²) in [5.41, 5.74) is 0. The van der Waals surface area contributed by atoms with Gasteiger partial charge in [0.15, 0.2) is 0 Å². The molecule has 0 rings (SSSR count). The third-order valence-corrected chi connectivity index (χ3v) is 7.03. The Bertz CT molecular complexity index is 204. The molecule has 0 fully saturated rings. The minimum atomic E-state index is -1.29. The lowest BCUT2D eigenvalue weighted by atomic mass is 10.0. The molecule has 0 amide bonds. The molecule has 0 heterocycles. The first-order chi connectivity index (χ1) is 10.1. The van der Waals surface area contributed by atoms with E-state index in [4.69, 9.17) is 11.1 Å². The Morgan fingerprint density at radius 1 is 0.571 bits per heavy atom. The molecular weight excluding hydrogens is 407 g/mol. The van der Waals surface area contributed by atoms with Crippen LogP contribution in [0.2, 0.25) is 19.1 Å². The van der Waals surface area contributed by atoms with Crippen molar-refractivity contribution in [3.63, 3.8) is 0 Å². The van der Waals surface area contributed by atoms with E-state index in [-0.39, 0.29) is 0 Å². The standard InChI is InChI=1S/C18H38ClISi/c1-21(2,19)18-16-14-12-10-8-6-4-3-5-7-9-11-13-15-17-20/h3-18H2,1-2H3. The van der Waals surface area contributed by atoms with Crippen molar-refractivity contribution in [1.29, 1.82) is 0 Å². The van der Waals surface area contributed by atoms with Crippen LogP contribution in [0.1, 0.15) is 89.9 Å². The number of hydrogen-bond acceptors (Lipinski definition) is 0. The highest BCUT2D eigenvalue weighted by atomic mass is 127. The van der Waals surface area contributed by atoms with Gasteiger partial charge in [-0.05, 0) is 16.9 Å². The number of halogens is 2. The Labute approximate surface area is 154 Å². The Kier molecular flexibility index (Phi) is 17.1. The van der Waals surface area contributed by atoms with Gasteiger partial charge in [0, 0.05) is 0 Å². The lowest BCUT2D eigenvalue weighted by molar-refractivity contribution is 0.538. The molecule has 0 aromatic carbocycles. The second kappa shape index (κ2) is 16.1. The average molecular weight is 445 g/mol. The van der Waals surface area contributed by atoms with E-state index in [1.165, 1.54) is 100 Å². The maximum Gasteiger partial charge on any atom is 0.150 e. The highest BCUT2D eigenvalue weighted by molar-refractivity contribution is 14.1. The first-order valence-corrected chi connectivity index (χ1v) is 15.1. The number of hydrogen-bond donors (Lipinski definition) is 0. The van der Waals surface area contributed by atoms with Crippen LogP contribution in [0.25, 0.3) is 0 Å². The topological polar surface area (TPSA) is 0 Å². The summed E-state index contributed by atoms with van der Waals surface area (Å²) in [5, 5.41) is 0. The van der Waals surface area contributed by atoms with Crippen LogP contribution in [-0.4, -0.2) is 11.8 Å². The fraction of sp³-hybridized carbons (Fsp3) is 1.00. The quantitative estimate of drug-likeness (QED) is 0.0737. The highest BCUT2D eigenvalue weighted by Crippen LogP contribution is 2.19. The summed E-state index contributed by atoms with van der Waals surface area (Å²) in [6.07, 6.45) is 20.2. The van der Waals surface area contributed by atoms with Crippen LogP contribution in [0.3, 0.4) is 0 Å². The zero-order valence-corrected chi connectivity index (χ0v) is 18.5. The van der Waals surface area contributed by atoms with Crippen molar-refractivity contribution in [3.8, 4) is 0 Å². The Balaban J connectivity index is 3.00. The Hall–Kier alpha value is 1.24. The summed E-state index contributed by atoms with van der Waals surface area (Å²) < 4.78 is 1.34. The number of unbranched alkanes of at least 4 members (excludes halogenated alkanes) is 13. The fourth-order valence-electron chi connectivity index (χ4n) is 2.76. The van der Waals surface area contributed by atoms with Gasteiger partial charge in [-0.15, -0.1) is 0 Å². The summed E-state index contributed by atoms with van der Waals surface area (Å²) >= 11 is 8.81. The van der Waals surface area contributed by atoms with Crippen molar-refractivity contribution in [1.82, 2.24) is 0 Å². The van der Waals surface area contributed by atoms with E-state index in [1.54, 1.807) is 0 Å². The molecule has 0 aliphatic carbocycles. The largest absolute Gasteiger partial charge is 0.168 e. The summed E-state index contributed by atoms with van der Waals surface area (Å²) in [7, 11) is -1.29. The lowest BCUT2D eigenvalue weighted by Gasteiger charge is -2.11. The molecular formula is C18H38ClISi. The predicted molar refractivity (Wildman–Crippen MR) is 112 cm³/mol. The van der Waals surface area contributed by atoms with E-state index in [1.807, 2.05) is 0 Å². The first kappa shape index (κ1) is 22.2. The van der Waals surface area contributed by atoms with Crippen molar-refractivity contribution < 1.29 is 0 Å². The normalized spacial score (nSPS) is 12.0. The number of alkyl halides is 1. The molecule has 0 saturated carbocycles. The van der Waals surface area contributed by atoms with Crippen LogP contribution < -0.4 is 0 Å². The van der Waals surface area contributed by atoms with Crippen LogP contribution in [-0.2, 0) is 0 Å². The monoisotopic (exact) mass is 444 g/mol. The van der Waals surface area contributed by atoms with Gasteiger partial charge in [-0.3, -0.25) is 0 Å². The molecule has 21 heavy (non-hydrogen) atoms. The van der Waals surface area contributed by atoms with Crippen LogP contribution in [0, 0.1) is 0 Å². The summed E-state index contributed by atoms with van der Waals surface area (Å²) in [5.74, 6) is 0. The Morgan fingerprint density at radius 2 is 0.857 bits per heavy atom. The van der Waals surface area contributed by atoms with E-state index in [0.717, 1.165) is 0 Å². The molecule has 0 saturated heterocycles. The molecule has 0 radical (unpaired) electrons. The summed E-state index contributed by atoms with van der Waals surface area (Å²) in [6, 6.07) is 1.30. The molecule has 0 aliphatic rings. The summed E-state index contributed by atoms with van der Waals surface area (Å²) in [6.45, 7) is 4.52. The van der Waals surface area contributed by atoms with Crippen LogP contribution >= 0.6 is 33.7 Å². The van der Waals surface area contributed by atoms with Crippen molar-refractivity contribution >= 4 is 41.1 Å². The molecule has 0 bridgehead atoms. The van der Waals surface area contributed by atoms with Gasteiger partial charge in [-0.2, -0.15) is 11.1 Å². The van der Waals surface area contributed by atoms with Crippen molar-refractivity contribution in [3.05, 3.63) is 0 Å². The smallest absolute Gasteiger partial charge is 0.150 e. The summed E-state index contributed by atoms with van der Waals surface area (Å²) in [4.78, 5) is 0.